The maximum Gasteiger partial charge on any atom is 0.267 e. The van der Waals surface area contributed by atoms with E-state index in [1.165, 1.54) is 24.2 Å². The molecule has 0 aliphatic carbocycles. The van der Waals surface area contributed by atoms with E-state index in [2.05, 4.69) is 15.2 Å². The van der Waals surface area contributed by atoms with Gasteiger partial charge in [0.05, 0.1) is 21.9 Å². The highest BCUT2D eigenvalue weighted by molar-refractivity contribution is 7.12. The van der Waals surface area contributed by atoms with Crippen LogP contribution >= 0.6 is 22.9 Å². The average Bonchev–Trinajstić information content (AvgIpc) is 3.26. The van der Waals surface area contributed by atoms with Crippen molar-refractivity contribution >= 4 is 51.1 Å². The number of hydrogen-bond acceptors (Lipinski definition) is 4. The van der Waals surface area contributed by atoms with Gasteiger partial charge in [-0.15, -0.1) is 11.3 Å². The van der Waals surface area contributed by atoms with E-state index >= 15 is 0 Å². The molecule has 1 saturated heterocycles. The van der Waals surface area contributed by atoms with Crippen LogP contribution in [0.3, 0.4) is 0 Å². The topological polar surface area (TPSA) is 45.2 Å². The molecule has 4 rings (SSSR count). The minimum Gasteiger partial charge on any atom is -0.370 e. The minimum atomic E-state index is -0.186. The first-order valence-electron chi connectivity index (χ1n) is 7.91. The molecule has 3 heterocycles. The Labute approximate surface area is 149 Å². The lowest BCUT2D eigenvalue weighted by molar-refractivity contribution is 0.103. The monoisotopic (exact) mass is 357 g/mol. The summed E-state index contributed by atoms with van der Waals surface area (Å²) in [6.45, 7) is 2.12. The molecule has 1 aliphatic rings. The second-order valence-corrected chi connectivity index (χ2v) is 7.10. The highest BCUT2D eigenvalue weighted by Gasteiger charge is 2.18. The van der Waals surface area contributed by atoms with E-state index < -0.39 is 0 Å². The zero-order chi connectivity index (χ0) is 16.5. The molecule has 1 aliphatic heterocycles. The molecule has 1 N–H and O–H groups in total. The molecule has 1 aromatic carbocycles. The number of rotatable bonds is 3. The highest BCUT2D eigenvalue weighted by atomic mass is 35.5. The molecule has 1 fully saturated rings. The number of amides is 1. The summed E-state index contributed by atoms with van der Waals surface area (Å²) in [7, 11) is 0. The number of halogens is 1. The van der Waals surface area contributed by atoms with Crippen molar-refractivity contribution in [1.82, 2.24) is 4.98 Å². The van der Waals surface area contributed by atoms with E-state index in [-0.39, 0.29) is 5.91 Å². The summed E-state index contributed by atoms with van der Waals surface area (Å²) in [5.41, 5.74) is 2.82. The molecule has 3 aromatic rings. The first-order valence-corrected chi connectivity index (χ1v) is 9.17. The van der Waals surface area contributed by atoms with Crippen molar-refractivity contribution in [2.45, 2.75) is 12.8 Å². The van der Waals surface area contributed by atoms with Gasteiger partial charge in [0, 0.05) is 24.7 Å². The van der Waals surface area contributed by atoms with Crippen molar-refractivity contribution in [2.24, 2.45) is 0 Å². The molecule has 4 nitrogen and oxygen atoms in total. The van der Waals surface area contributed by atoms with E-state index in [4.69, 9.17) is 11.6 Å². The fourth-order valence-corrected chi connectivity index (χ4v) is 4.15. The van der Waals surface area contributed by atoms with Crippen LogP contribution in [-0.2, 0) is 0 Å². The Morgan fingerprint density at radius 3 is 2.79 bits per heavy atom. The summed E-state index contributed by atoms with van der Waals surface area (Å²) in [6, 6.07) is 9.62. The molecular weight excluding hydrogens is 342 g/mol. The SMILES string of the molecule is O=C(Nc1ccc(N2CCCC2)c2ncccc12)c1sccc1Cl. The third-order valence-electron chi connectivity index (χ3n) is 4.27. The van der Waals surface area contributed by atoms with Crippen LogP contribution < -0.4 is 10.2 Å². The lowest BCUT2D eigenvalue weighted by atomic mass is 10.1. The van der Waals surface area contributed by atoms with Crippen LogP contribution in [0.1, 0.15) is 22.5 Å². The highest BCUT2D eigenvalue weighted by Crippen LogP contribution is 2.33. The van der Waals surface area contributed by atoms with Crippen LogP contribution in [0, 0.1) is 0 Å². The Bertz CT molecular complexity index is 902. The van der Waals surface area contributed by atoms with Crippen molar-refractivity contribution < 1.29 is 4.79 Å². The quantitative estimate of drug-likeness (QED) is 0.732. The van der Waals surface area contributed by atoms with Crippen molar-refractivity contribution in [3.63, 3.8) is 0 Å². The third-order valence-corrected chi connectivity index (χ3v) is 5.61. The standard InChI is InChI=1S/C18H16ClN3OS/c19-13-7-11-24-17(13)18(23)21-14-5-6-15(22-9-1-2-10-22)16-12(14)4-3-8-20-16/h3-8,11H,1-2,9-10H2,(H,21,23). The number of thiophene rings is 1. The predicted octanol–water partition coefficient (Wildman–Crippen LogP) is 4.80. The zero-order valence-corrected chi connectivity index (χ0v) is 14.5. The largest absolute Gasteiger partial charge is 0.370 e. The summed E-state index contributed by atoms with van der Waals surface area (Å²) in [5, 5.41) is 6.21. The Hall–Kier alpha value is -2.11. The first-order chi connectivity index (χ1) is 11.7. The van der Waals surface area contributed by atoms with Crippen LogP contribution in [0.5, 0.6) is 0 Å². The van der Waals surface area contributed by atoms with Crippen molar-refractivity contribution in [2.75, 3.05) is 23.3 Å². The average molecular weight is 358 g/mol. The van der Waals surface area contributed by atoms with Crippen LogP contribution in [-0.4, -0.2) is 24.0 Å². The lowest BCUT2D eigenvalue weighted by Crippen LogP contribution is -2.18. The number of benzene rings is 1. The maximum absolute atomic E-state index is 12.5. The van der Waals surface area contributed by atoms with Gasteiger partial charge >= 0.3 is 0 Å². The number of anilines is 2. The second kappa shape index (κ2) is 6.42. The number of nitrogens with one attached hydrogen (secondary N) is 1. The fraction of sp³-hybridized carbons (Fsp3) is 0.222. The predicted molar refractivity (Wildman–Crippen MR) is 100 cm³/mol. The van der Waals surface area contributed by atoms with E-state index in [0.29, 0.717) is 9.90 Å². The summed E-state index contributed by atoms with van der Waals surface area (Å²) < 4.78 is 0. The van der Waals surface area contributed by atoms with Gasteiger partial charge in [0.1, 0.15) is 4.88 Å². The molecule has 6 heteroatoms. The Morgan fingerprint density at radius 1 is 1.21 bits per heavy atom. The van der Waals surface area contributed by atoms with Gasteiger partial charge < -0.3 is 10.2 Å². The molecule has 1 amide bonds. The molecule has 0 unspecified atom stereocenters. The van der Waals surface area contributed by atoms with E-state index in [1.54, 1.807) is 12.3 Å². The van der Waals surface area contributed by atoms with Crippen LogP contribution in [0.25, 0.3) is 10.9 Å². The third kappa shape index (κ3) is 2.74. The van der Waals surface area contributed by atoms with Gasteiger partial charge in [0.2, 0.25) is 0 Å². The second-order valence-electron chi connectivity index (χ2n) is 5.78. The molecule has 0 radical (unpaired) electrons. The number of pyridine rings is 1. The summed E-state index contributed by atoms with van der Waals surface area (Å²) >= 11 is 7.40. The maximum atomic E-state index is 12.5. The summed E-state index contributed by atoms with van der Waals surface area (Å²) in [5.74, 6) is -0.186. The molecule has 0 bridgehead atoms. The van der Waals surface area contributed by atoms with E-state index in [1.807, 2.05) is 29.6 Å². The van der Waals surface area contributed by atoms with Crippen molar-refractivity contribution in [1.29, 1.82) is 0 Å². The van der Waals surface area contributed by atoms with Crippen molar-refractivity contribution in [3.8, 4) is 0 Å². The van der Waals surface area contributed by atoms with Crippen LogP contribution in [0.15, 0.2) is 41.9 Å². The van der Waals surface area contributed by atoms with Crippen molar-refractivity contribution in [3.05, 3.63) is 51.8 Å². The minimum absolute atomic E-state index is 0.186. The molecule has 0 spiro atoms. The summed E-state index contributed by atoms with van der Waals surface area (Å²) in [4.78, 5) is 19.9. The smallest absolute Gasteiger partial charge is 0.267 e. The molecule has 24 heavy (non-hydrogen) atoms. The summed E-state index contributed by atoms with van der Waals surface area (Å²) in [6.07, 6.45) is 4.22. The van der Waals surface area contributed by atoms with E-state index in [9.17, 15) is 4.79 Å². The molecular formula is C18H16ClN3OS. The van der Waals surface area contributed by atoms with Gasteiger partial charge in [-0.25, -0.2) is 0 Å². The Morgan fingerprint density at radius 2 is 2.04 bits per heavy atom. The molecule has 0 saturated carbocycles. The molecule has 122 valence electrons. The normalized spacial score (nSPS) is 14.3. The Balaban J connectivity index is 1.73. The van der Waals surface area contributed by atoms with Gasteiger partial charge in [-0.1, -0.05) is 11.6 Å². The first kappa shape index (κ1) is 15.4. The van der Waals surface area contributed by atoms with E-state index in [0.717, 1.165) is 35.4 Å². The van der Waals surface area contributed by atoms with Gasteiger partial charge in [0.25, 0.3) is 5.91 Å². The number of nitrogens with zero attached hydrogens (tertiary/aromatic N) is 2. The van der Waals surface area contributed by atoms with Crippen LogP contribution in [0.2, 0.25) is 5.02 Å². The number of hydrogen-bond donors (Lipinski definition) is 1. The Kier molecular flexibility index (Phi) is 4.12. The zero-order valence-electron chi connectivity index (χ0n) is 13.0. The van der Waals surface area contributed by atoms with Gasteiger partial charge in [0.15, 0.2) is 0 Å². The number of aromatic nitrogens is 1. The van der Waals surface area contributed by atoms with Gasteiger partial charge in [-0.05, 0) is 48.6 Å². The molecule has 0 atom stereocenters. The fourth-order valence-electron chi connectivity index (χ4n) is 3.11. The number of fused-ring (bicyclic) bond motifs is 1. The van der Waals surface area contributed by atoms with Gasteiger partial charge in [-0.2, -0.15) is 0 Å². The van der Waals surface area contributed by atoms with Gasteiger partial charge in [-0.3, -0.25) is 9.78 Å². The number of carbonyl (C=O) groups is 1. The number of carbonyl (C=O) groups excluding carboxylic acids is 1. The van der Waals surface area contributed by atoms with Crippen LogP contribution in [0.4, 0.5) is 11.4 Å². The molecule has 2 aromatic heterocycles. The lowest BCUT2D eigenvalue weighted by Gasteiger charge is -2.20.